The molecule has 2 heterocycles. The molecule has 1 saturated heterocycles. The lowest BCUT2D eigenvalue weighted by Crippen LogP contribution is -2.42. The van der Waals surface area contributed by atoms with Gasteiger partial charge in [-0.25, -0.2) is 4.98 Å². The second-order valence-corrected chi connectivity index (χ2v) is 3.87. The minimum absolute atomic E-state index is 0.0671. The van der Waals surface area contributed by atoms with Crippen molar-refractivity contribution < 1.29 is 9.84 Å². The maximum absolute atomic E-state index is 9.01. The van der Waals surface area contributed by atoms with E-state index >= 15 is 0 Å². The van der Waals surface area contributed by atoms with Crippen LogP contribution in [0.15, 0.2) is 12.4 Å². The topological polar surface area (TPSA) is 58.5 Å². The smallest absolute Gasteiger partial charge is 0.147 e. The quantitative estimate of drug-likeness (QED) is 0.812. The van der Waals surface area contributed by atoms with Crippen molar-refractivity contribution in [2.45, 2.75) is 26.1 Å². The zero-order chi connectivity index (χ0) is 11.4. The van der Waals surface area contributed by atoms with E-state index in [9.17, 15) is 0 Å². The van der Waals surface area contributed by atoms with Gasteiger partial charge in [0.05, 0.1) is 37.4 Å². The van der Waals surface area contributed by atoms with Crippen molar-refractivity contribution in [2.24, 2.45) is 0 Å². The second-order valence-electron chi connectivity index (χ2n) is 3.87. The molecule has 88 valence electrons. The number of aromatic nitrogens is 2. The highest BCUT2D eigenvalue weighted by Gasteiger charge is 2.20. The molecule has 1 aromatic heterocycles. The predicted octanol–water partition coefficient (Wildman–Crippen LogP) is 0.584. The van der Waals surface area contributed by atoms with E-state index in [1.807, 2.05) is 0 Å². The molecular formula is C11H17N3O2. The highest BCUT2D eigenvalue weighted by Crippen LogP contribution is 2.15. The van der Waals surface area contributed by atoms with Crippen LogP contribution in [0.1, 0.15) is 19.0 Å². The fourth-order valence-electron chi connectivity index (χ4n) is 1.80. The van der Waals surface area contributed by atoms with Crippen LogP contribution in [0.3, 0.4) is 0 Å². The molecule has 0 amide bonds. The first-order valence-electron chi connectivity index (χ1n) is 5.61. The largest absolute Gasteiger partial charge is 0.390 e. The predicted molar refractivity (Wildman–Crippen MR) is 60.2 cm³/mol. The van der Waals surface area contributed by atoms with E-state index in [4.69, 9.17) is 9.84 Å². The average molecular weight is 223 g/mol. The zero-order valence-corrected chi connectivity index (χ0v) is 9.46. The molecule has 5 nitrogen and oxygen atoms in total. The molecule has 0 aromatic carbocycles. The van der Waals surface area contributed by atoms with E-state index in [1.165, 1.54) is 0 Å². The van der Waals surface area contributed by atoms with Gasteiger partial charge in [0.15, 0.2) is 0 Å². The van der Waals surface area contributed by atoms with Crippen LogP contribution in [0.4, 0.5) is 5.82 Å². The van der Waals surface area contributed by atoms with Crippen LogP contribution < -0.4 is 4.90 Å². The Hall–Kier alpha value is -1.20. The number of morpholine rings is 1. The number of nitrogens with zero attached hydrogens (tertiary/aromatic N) is 3. The van der Waals surface area contributed by atoms with Crippen LogP contribution in [0.2, 0.25) is 0 Å². The molecule has 16 heavy (non-hydrogen) atoms. The molecule has 1 aromatic rings. The standard InChI is InChI=1S/C11H17N3O2/c1-2-10-7-14(3-4-16-10)11-6-12-5-9(8-15)13-11/h5-6,10,15H,2-4,7-8H2,1H3. The number of rotatable bonds is 3. The van der Waals surface area contributed by atoms with Crippen molar-refractivity contribution in [3.05, 3.63) is 18.1 Å². The van der Waals surface area contributed by atoms with E-state index in [-0.39, 0.29) is 12.7 Å². The Kier molecular flexibility index (Phi) is 3.69. The summed E-state index contributed by atoms with van der Waals surface area (Å²) in [7, 11) is 0. The fourth-order valence-corrected chi connectivity index (χ4v) is 1.80. The molecule has 1 atom stereocenters. The molecule has 1 fully saturated rings. The van der Waals surface area contributed by atoms with E-state index in [0.717, 1.165) is 31.9 Å². The number of aliphatic hydroxyl groups is 1. The Bertz CT molecular complexity index is 346. The van der Waals surface area contributed by atoms with Crippen LogP contribution in [-0.4, -0.2) is 40.9 Å². The number of hydrogen-bond donors (Lipinski definition) is 1. The van der Waals surface area contributed by atoms with Crippen LogP contribution >= 0.6 is 0 Å². The lowest BCUT2D eigenvalue weighted by molar-refractivity contribution is 0.0381. The fraction of sp³-hybridized carbons (Fsp3) is 0.636. The van der Waals surface area contributed by atoms with Gasteiger partial charge in [0.2, 0.25) is 0 Å². The van der Waals surface area contributed by atoms with Crippen molar-refractivity contribution in [3.8, 4) is 0 Å². The van der Waals surface area contributed by atoms with Crippen molar-refractivity contribution in [3.63, 3.8) is 0 Å². The van der Waals surface area contributed by atoms with Gasteiger partial charge in [-0.3, -0.25) is 4.98 Å². The lowest BCUT2D eigenvalue weighted by Gasteiger charge is -2.33. The number of hydrogen-bond acceptors (Lipinski definition) is 5. The maximum Gasteiger partial charge on any atom is 0.147 e. The minimum atomic E-state index is -0.0671. The normalized spacial score (nSPS) is 21.1. The molecule has 0 radical (unpaired) electrons. The molecule has 2 rings (SSSR count). The van der Waals surface area contributed by atoms with Crippen molar-refractivity contribution >= 4 is 5.82 Å². The number of ether oxygens (including phenoxy) is 1. The Morgan fingerprint density at radius 1 is 1.56 bits per heavy atom. The molecule has 0 aliphatic carbocycles. The third kappa shape index (κ3) is 2.48. The monoisotopic (exact) mass is 223 g/mol. The summed E-state index contributed by atoms with van der Waals surface area (Å²) in [6.07, 6.45) is 4.59. The summed E-state index contributed by atoms with van der Waals surface area (Å²) in [5.74, 6) is 0.827. The highest BCUT2D eigenvalue weighted by molar-refractivity contribution is 5.36. The first-order chi connectivity index (χ1) is 7.83. The summed E-state index contributed by atoms with van der Waals surface area (Å²) in [5, 5.41) is 9.01. The van der Waals surface area contributed by atoms with Gasteiger partial charge >= 0.3 is 0 Å². The van der Waals surface area contributed by atoms with Gasteiger partial charge in [-0.05, 0) is 6.42 Å². The molecule has 1 N–H and O–H groups in total. The van der Waals surface area contributed by atoms with Crippen LogP contribution in [0, 0.1) is 0 Å². The summed E-state index contributed by atoms with van der Waals surface area (Å²) in [5.41, 5.74) is 0.608. The van der Waals surface area contributed by atoms with Gasteiger partial charge in [-0.1, -0.05) is 6.92 Å². The first-order valence-corrected chi connectivity index (χ1v) is 5.61. The Morgan fingerprint density at radius 3 is 3.19 bits per heavy atom. The summed E-state index contributed by atoms with van der Waals surface area (Å²) >= 11 is 0. The van der Waals surface area contributed by atoms with E-state index < -0.39 is 0 Å². The SMILES string of the molecule is CCC1CN(c2cncc(CO)n2)CCO1. The van der Waals surface area contributed by atoms with Crippen molar-refractivity contribution in [1.82, 2.24) is 9.97 Å². The zero-order valence-electron chi connectivity index (χ0n) is 9.46. The lowest BCUT2D eigenvalue weighted by atomic mass is 10.2. The average Bonchev–Trinajstić information content (AvgIpc) is 2.39. The summed E-state index contributed by atoms with van der Waals surface area (Å²) < 4.78 is 5.60. The van der Waals surface area contributed by atoms with E-state index in [2.05, 4.69) is 21.8 Å². The summed E-state index contributed by atoms with van der Waals surface area (Å²) in [6.45, 7) is 4.45. The summed E-state index contributed by atoms with van der Waals surface area (Å²) in [6, 6.07) is 0. The summed E-state index contributed by atoms with van der Waals surface area (Å²) in [4.78, 5) is 10.6. The third-order valence-electron chi connectivity index (χ3n) is 2.75. The van der Waals surface area contributed by atoms with Gasteiger partial charge in [-0.2, -0.15) is 0 Å². The van der Waals surface area contributed by atoms with Crippen LogP contribution in [0.5, 0.6) is 0 Å². The Balaban J connectivity index is 2.10. The second kappa shape index (κ2) is 5.23. The van der Waals surface area contributed by atoms with Gasteiger partial charge < -0.3 is 14.7 Å². The van der Waals surface area contributed by atoms with Gasteiger partial charge in [0, 0.05) is 13.1 Å². The number of anilines is 1. The van der Waals surface area contributed by atoms with Gasteiger partial charge in [-0.15, -0.1) is 0 Å². The van der Waals surface area contributed by atoms with Gasteiger partial charge in [0.1, 0.15) is 5.82 Å². The van der Waals surface area contributed by atoms with Gasteiger partial charge in [0.25, 0.3) is 0 Å². The first kappa shape index (κ1) is 11.3. The molecule has 0 bridgehead atoms. The molecule has 0 saturated carbocycles. The van der Waals surface area contributed by atoms with Crippen LogP contribution in [0.25, 0.3) is 0 Å². The third-order valence-corrected chi connectivity index (χ3v) is 2.75. The van der Waals surface area contributed by atoms with Crippen molar-refractivity contribution in [1.29, 1.82) is 0 Å². The Morgan fingerprint density at radius 2 is 2.44 bits per heavy atom. The maximum atomic E-state index is 9.01. The van der Waals surface area contributed by atoms with E-state index in [1.54, 1.807) is 12.4 Å². The highest BCUT2D eigenvalue weighted by atomic mass is 16.5. The minimum Gasteiger partial charge on any atom is -0.390 e. The molecule has 1 aliphatic rings. The molecule has 0 spiro atoms. The van der Waals surface area contributed by atoms with Crippen molar-refractivity contribution in [2.75, 3.05) is 24.6 Å². The number of aliphatic hydroxyl groups excluding tert-OH is 1. The molecule has 1 aliphatic heterocycles. The molecule has 5 heteroatoms. The molecular weight excluding hydrogens is 206 g/mol. The molecule has 1 unspecified atom stereocenters. The Labute approximate surface area is 95.1 Å². The van der Waals surface area contributed by atoms with E-state index in [0.29, 0.717) is 5.69 Å². The van der Waals surface area contributed by atoms with Crippen LogP contribution in [-0.2, 0) is 11.3 Å².